The Morgan fingerprint density at radius 3 is 2.40 bits per heavy atom. The zero-order valence-electron chi connectivity index (χ0n) is 8.63. The topological polar surface area (TPSA) is 32.3 Å². The molecule has 2 N–H and O–H groups in total. The van der Waals surface area contributed by atoms with Gasteiger partial charge in [0, 0.05) is 28.2 Å². The maximum absolute atomic E-state index is 9.01. The van der Waals surface area contributed by atoms with Crippen LogP contribution in [0.1, 0.15) is 18.9 Å². The fraction of sp³-hybridized carbons (Fsp3) is 0.455. The van der Waals surface area contributed by atoms with Crippen molar-refractivity contribution < 1.29 is 5.11 Å². The molecular formula is C11H15Cl2NO. The average molecular weight is 248 g/mol. The van der Waals surface area contributed by atoms with Crippen molar-refractivity contribution in [2.75, 3.05) is 6.61 Å². The van der Waals surface area contributed by atoms with Gasteiger partial charge in [0.15, 0.2) is 0 Å². The molecule has 0 spiro atoms. The van der Waals surface area contributed by atoms with Crippen molar-refractivity contribution in [1.82, 2.24) is 5.32 Å². The van der Waals surface area contributed by atoms with Crippen LogP contribution in [0.3, 0.4) is 0 Å². The third-order valence-corrected chi connectivity index (χ3v) is 3.05. The first-order chi connectivity index (χ1) is 7.19. The minimum atomic E-state index is 0.0948. The van der Waals surface area contributed by atoms with Crippen molar-refractivity contribution in [2.24, 2.45) is 0 Å². The molecule has 0 saturated heterocycles. The smallest absolute Gasteiger partial charge is 0.0584 e. The predicted molar refractivity (Wildman–Crippen MR) is 64.5 cm³/mol. The van der Waals surface area contributed by atoms with Gasteiger partial charge in [-0.3, -0.25) is 0 Å². The second kappa shape index (κ2) is 6.33. The predicted octanol–water partition coefficient (Wildman–Crippen LogP) is 2.85. The zero-order valence-corrected chi connectivity index (χ0v) is 10.1. The largest absolute Gasteiger partial charge is 0.395 e. The van der Waals surface area contributed by atoms with Crippen LogP contribution in [-0.4, -0.2) is 17.8 Å². The second-order valence-electron chi connectivity index (χ2n) is 3.37. The van der Waals surface area contributed by atoms with Gasteiger partial charge in [0.2, 0.25) is 0 Å². The molecule has 0 amide bonds. The summed E-state index contributed by atoms with van der Waals surface area (Å²) in [6.45, 7) is 2.72. The first-order valence-corrected chi connectivity index (χ1v) is 5.71. The first-order valence-electron chi connectivity index (χ1n) is 4.96. The highest BCUT2D eigenvalue weighted by atomic mass is 35.5. The molecule has 1 atom stereocenters. The van der Waals surface area contributed by atoms with Gasteiger partial charge in [0.05, 0.1) is 6.61 Å². The van der Waals surface area contributed by atoms with Gasteiger partial charge in [-0.15, -0.1) is 0 Å². The molecule has 0 aliphatic heterocycles. The van der Waals surface area contributed by atoms with E-state index in [4.69, 9.17) is 28.3 Å². The minimum Gasteiger partial charge on any atom is -0.395 e. The van der Waals surface area contributed by atoms with Crippen molar-refractivity contribution in [2.45, 2.75) is 25.9 Å². The summed E-state index contributed by atoms with van der Waals surface area (Å²) in [5.74, 6) is 0. The van der Waals surface area contributed by atoms with E-state index in [1.54, 1.807) is 0 Å². The Bertz CT molecular complexity index is 293. The summed E-state index contributed by atoms with van der Waals surface area (Å²) >= 11 is 12.0. The van der Waals surface area contributed by atoms with Gasteiger partial charge >= 0.3 is 0 Å². The van der Waals surface area contributed by atoms with Gasteiger partial charge in [-0.1, -0.05) is 36.2 Å². The molecule has 0 aliphatic rings. The van der Waals surface area contributed by atoms with Crippen molar-refractivity contribution in [3.05, 3.63) is 33.8 Å². The van der Waals surface area contributed by atoms with Crippen LogP contribution in [0.15, 0.2) is 18.2 Å². The third kappa shape index (κ3) is 3.65. The number of halogens is 2. The Hall–Kier alpha value is -0.280. The molecule has 0 heterocycles. The molecule has 1 aromatic rings. The fourth-order valence-corrected chi connectivity index (χ4v) is 1.82. The van der Waals surface area contributed by atoms with Crippen molar-refractivity contribution in [3.63, 3.8) is 0 Å². The number of nitrogens with one attached hydrogen (secondary N) is 1. The van der Waals surface area contributed by atoms with Crippen LogP contribution in [0.4, 0.5) is 0 Å². The molecule has 2 nitrogen and oxygen atoms in total. The van der Waals surface area contributed by atoms with Gasteiger partial charge in [0.25, 0.3) is 0 Å². The van der Waals surface area contributed by atoms with Crippen molar-refractivity contribution >= 4 is 23.2 Å². The number of aliphatic hydroxyl groups excluding tert-OH is 1. The lowest BCUT2D eigenvalue weighted by molar-refractivity contribution is 0.238. The third-order valence-electron chi connectivity index (χ3n) is 2.34. The molecule has 15 heavy (non-hydrogen) atoms. The summed E-state index contributed by atoms with van der Waals surface area (Å²) < 4.78 is 0. The zero-order chi connectivity index (χ0) is 11.3. The summed E-state index contributed by atoms with van der Waals surface area (Å²) in [5, 5.41) is 13.5. The number of hydrogen-bond acceptors (Lipinski definition) is 2. The van der Waals surface area contributed by atoms with E-state index in [9.17, 15) is 0 Å². The van der Waals surface area contributed by atoms with Crippen molar-refractivity contribution in [3.8, 4) is 0 Å². The average Bonchev–Trinajstić information content (AvgIpc) is 2.23. The fourth-order valence-electron chi connectivity index (χ4n) is 1.29. The Labute approximate surface area is 100 Å². The van der Waals surface area contributed by atoms with E-state index in [-0.39, 0.29) is 12.6 Å². The lowest BCUT2D eigenvalue weighted by Gasteiger charge is -2.15. The van der Waals surface area contributed by atoms with E-state index in [0.29, 0.717) is 16.6 Å². The van der Waals surface area contributed by atoms with Gasteiger partial charge < -0.3 is 10.4 Å². The molecular weight excluding hydrogens is 233 g/mol. The van der Waals surface area contributed by atoms with Crippen LogP contribution in [0.25, 0.3) is 0 Å². The highest BCUT2D eigenvalue weighted by molar-refractivity contribution is 6.35. The monoisotopic (exact) mass is 247 g/mol. The maximum atomic E-state index is 9.01. The second-order valence-corrected chi connectivity index (χ2v) is 4.18. The molecule has 84 valence electrons. The molecule has 0 fully saturated rings. The molecule has 0 aliphatic carbocycles. The van der Waals surface area contributed by atoms with E-state index in [0.717, 1.165) is 12.0 Å². The number of rotatable bonds is 5. The molecule has 1 rings (SSSR count). The summed E-state index contributed by atoms with van der Waals surface area (Å²) in [6.07, 6.45) is 0.874. The van der Waals surface area contributed by atoms with Crippen LogP contribution in [-0.2, 0) is 6.54 Å². The number of benzene rings is 1. The van der Waals surface area contributed by atoms with E-state index in [1.807, 2.05) is 25.1 Å². The summed E-state index contributed by atoms with van der Waals surface area (Å²) in [4.78, 5) is 0. The minimum absolute atomic E-state index is 0.0948. The number of hydrogen-bond donors (Lipinski definition) is 2. The van der Waals surface area contributed by atoms with Gasteiger partial charge in [0.1, 0.15) is 0 Å². The van der Waals surface area contributed by atoms with E-state index in [1.165, 1.54) is 0 Å². The van der Waals surface area contributed by atoms with Crippen LogP contribution in [0.5, 0.6) is 0 Å². The Balaban J connectivity index is 2.64. The molecule has 0 bridgehead atoms. The Morgan fingerprint density at radius 1 is 1.33 bits per heavy atom. The highest BCUT2D eigenvalue weighted by Gasteiger charge is 2.08. The standard InChI is InChI=1S/C11H15Cl2NO/c1-2-8(7-15)14-6-9-10(12)4-3-5-11(9)13/h3-5,8,14-15H,2,6-7H2,1H3/t8-/m1/s1. The van der Waals surface area contributed by atoms with Crippen LogP contribution < -0.4 is 5.32 Å². The summed E-state index contributed by atoms with van der Waals surface area (Å²) in [5.41, 5.74) is 0.882. The number of aliphatic hydroxyl groups is 1. The summed E-state index contributed by atoms with van der Waals surface area (Å²) in [7, 11) is 0. The van der Waals surface area contributed by atoms with E-state index < -0.39 is 0 Å². The Kier molecular flexibility index (Phi) is 5.40. The molecule has 4 heteroatoms. The Morgan fingerprint density at radius 2 is 1.93 bits per heavy atom. The van der Waals surface area contributed by atoms with Gasteiger partial charge in [-0.25, -0.2) is 0 Å². The lowest BCUT2D eigenvalue weighted by Crippen LogP contribution is -2.31. The molecule has 1 aromatic carbocycles. The SMILES string of the molecule is CC[C@H](CO)NCc1c(Cl)cccc1Cl. The molecule has 0 saturated carbocycles. The van der Waals surface area contributed by atoms with Gasteiger partial charge in [-0.2, -0.15) is 0 Å². The highest BCUT2D eigenvalue weighted by Crippen LogP contribution is 2.23. The lowest BCUT2D eigenvalue weighted by atomic mass is 10.2. The maximum Gasteiger partial charge on any atom is 0.0584 e. The normalized spacial score (nSPS) is 12.8. The quantitative estimate of drug-likeness (QED) is 0.839. The summed E-state index contributed by atoms with van der Waals surface area (Å²) in [6, 6.07) is 5.53. The van der Waals surface area contributed by atoms with Gasteiger partial charge in [-0.05, 0) is 18.6 Å². The van der Waals surface area contributed by atoms with Crippen LogP contribution in [0, 0.1) is 0 Å². The van der Waals surface area contributed by atoms with Crippen LogP contribution >= 0.6 is 23.2 Å². The molecule has 0 radical (unpaired) electrons. The van der Waals surface area contributed by atoms with E-state index >= 15 is 0 Å². The first kappa shape index (κ1) is 12.8. The van der Waals surface area contributed by atoms with E-state index in [2.05, 4.69) is 5.32 Å². The molecule has 0 aromatic heterocycles. The molecule has 0 unspecified atom stereocenters. The van der Waals surface area contributed by atoms with Crippen LogP contribution in [0.2, 0.25) is 10.0 Å². The van der Waals surface area contributed by atoms with Crippen molar-refractivity contribution in [1.29, 1.82) is 0 Å².